The molecule has 1 heterocycles. The van der Waals surface area contributed by atoms with Gasteiger partial charge in [0.15, 0.2) is 0 Å². The van der Waals surface area contributed by atoms with Crippen LogP contribution in [0.15, 0.2) is 18.2 Å². The minimum absolute atomic E-state index is 0.0180. The van der Waals surface area contributed by atoms with Crippen LogP contribution in [0.4, 0.5) is 5.69 Å². The lowest BCUT2D eigenvalue weighted by Crippen LogP contribution is -2.31. The number of hydrogen-bond donors (Lipinski definition) is 1. The molecule has 0 bridgehead atoms. The van der Waals surface area contributed by atoms with Crippen molar-refractivity contribution in [1.82, 2.24) is 14.5 Å². The Morgan fingerprint density at radius 3 is 2.52 bits per heavy atom. The summed E-state index contributed by atoms with van der Waals surface area (Å²) in [5.41, 5.74) is 8.85. The van der Waals surface area contributed by atoms with Gasteiger partial charge in [-0.2, -0.15) is 0 Å². The number of likely N-dealkylation sites (N-methyl/N-ethyl adjacent to an activating group) is 1. The maximum Gasteiger partial charge on any atom is 0.115 e. The highest BCUT2D eigenvalue weighted by Crippen LogP contribution is 2.27. The van der Waals surface area contributed by atoms with Gasteiger partial charge in [-0.3, -0.25) is 0 Å². The van der Waals surface area contributed by atoms with Gasteiger partial charge >= 0.3 is 0 Å². The average Bonchev–Trinajstić information content (AvgIpc) is 2.73. The number of imidazole rings is 1. The van der Waals surface area contributed by atoms with Crippen molar-refractivity contribution in [3.8, 4) is 0 Å². The molecular formula is C17H28N4. The fourth-order valence-corrected chi connectivity index (χ4v) is 2.46. The summed E-state index contributed by atoms with van der Waals surface area (Å²) in [7, 11) is 2.17. The van der Waals surface area contributed by atoms with E-state index in [0.29, 0.717) is 6.04 Å². The Bertz CT molecular complexity index is 619. The minimum atomic E-state index is 0.0180. The van der Waals surface area contributed by atoms with Crippen LogP contribution >= 0.6 is 0 Å². The monoisotopic (exact) mass is 288 g/mol. The third-order valence-corrected chi connectivity index (χ3v) is 4.00. The molecule has 2 aromatic rings. The number of nitrogens with zero attached hydrogens (tertiary/aromatic N) is 3. The predicted molar refractivity (Wildman–Crippen MR) is 90.6 cm³/mol. The molecule has 0 aliphatic rings. The average molecular weight is 288 g/mol. The second-order valence-corrected chi connectivity index (χ2v) is 7.16. The quantitative estimate of drug-likeness (QED) is 0.878. The van der Waals surface area contributed by atoms with E-state index in [1.165, 1.54) is 5.52 Å². The van der Waals surface area contributed by atoms with Crippen molar-refractivity contribution in [2.24, 2.45) is 0 Å². The van der Waals surface area contributed by atoms with Crippen molar-refractivity contribution in [1.29, 1.82) is 0 Å². The van der Waals surface area contributed by atoms with Crippen molar-refractivity contribution in [3.63, 3.8) is 0 Å². The summed E-state index contributed by atoms with van der Waals surface area (Å²) in [6.07, 6.45) is 0. The van der Waals surface area contributed by atoms with Crippen LogP contribution in [-0.2, 0) is 12.0 Å². The number of aromatic nitrogens is 2. The van der Waals surface area contributed by atoms with E-state index in [1.54, 1.807) is 0 Å². The van der Waals surface area contributed by atoms with E-state index < -0.39 is 0 Å². The highest BCUT2D eigenvalue weighted by atomic mass is 15.2. The molecule has 0 atom stereocenters. The number of benzene rings is 1. The molecule has 0 amide bonds. The third kappa shape index (κ3) is 3.38. The SMILES string of the molecule is CC(C)N(C)CCn1c(C(C)(C)C)nc2cc(N)ccc21. The number of hydrogen-bond acceptors (Lipinski definition) is 3. The second-order valence-electron chi connectivity index (χ2n) is 7.16. The van der Waals surface area contributed by atoms with Crippen LogP contribution in [0.5, 0.6) is 0 Å². The summed E-state index contributed by atoms with van der Waals surface area (Å²) < 4.78 is 2.34. The first-order valence-electron chi connectivity index (χ1n) is 7.66. The standard InChI is InChI=1S/C17H28N4/c1-12(2)20(6)9-10-21-15-8-7-13(18)11-14(15)19-16(21)17(3,4)5/h7-8,11-12H,9-10,18H2,1-6H3. The zero-order chi connectivity index (χ0) is 15.8. The van der Waals surface area contributed by atoms with E-state index in [-0.39, 0.29) is 5.41 Å². The second kappa shape index (κ2) is 5.68. The van der Waals surface area contributed by atoms with Gasteiger partial charge in [0, 0.05) is 30.2 Å². The maximum atomic E-state index is 5.90. The van der Waals surface area contributed by atoms with Crippen LogP contribution in [0.3, 0.4) is 0 Å². The van der Waals surface area contributed by atoms with Gasteiger partial charge in [0.2, 0.25) is 0 Å². The lowest BCUT2D eigenvalue weighted by atomic mass is 9.95. The Morgan fingerprint density at radius 2 is 1.95 bits per heavy atom. The third-order valence-electron chi connectivity index (χ3n) is 4.00. The largest absolute Gasteiger partial charge is 0.399 e. The van der Waals surface area contributed by atoms with E-state index >= 15 is 0 Å². The molecule has 21 heavy (non-hydrogen) atoms. The molecule has 0 saturated heterocycles. The van der Waals surface area contributed by atoms with E-state index in [9.17, 15) is 0 Å². The summed E-state index contributed by atoms with van der Waals surface area (Å²) in [6.45, 7) is 13.0. The highest BCUT2D eigenvalue weighted by molar-refractivity contribution is 5.79. The van der Waals surface area contributed by atoms with Crippen LogP contribution in [0, 0.1) is 0 Å². The summed E-state index contributed by atoms with van der Waals surface area (Å²) in [5.74, 6) is 1.13. The minimum Gasteiger partial charge on any atom is -0.399 e. The molecule has 0 spiro atoms. The zero-order valence-corrected chi connectivity index (χ0v) is 14.1. The molecule has 0 aliphatic heterocycles. The van der Waals surface area contributed by atoms with Crippen molar-refractivity contribution in [2.75, 3.05) is 19.3 Å². The number of rotatable bonds is 4. The Labute approximate surface area is 128 Å². The summed E-state index contributed by atoms with van der Waals surface area (Å²) in [6, 6.07) is 6.56. The molecule has 1 aromatic carbocycles. The summed E-state index contributed by atoms with van der Waals surface area (Å²) >= 11 is 0. The molecular weight excluding hydrogens is 260 g/mol. The molecule has 2 rings (SSSR count). The zero-order valence-electron chi connectivity index (χ0n) is 14.1. The lowest BCUT2D eigenvalue weighted by Gasteiger charge is -2.24. The normalized spacial score (nSPS) is 12.8. The van der Waals surface area contributed by atoms with Gasteiger partial charge in [-0.1, -0.05) is 20.8 Å². The lowest BCUT2D eigenvalue weighted by molar-refractivity contribution is 0.261. The first kappa shape index (κ1) is 15.8. The molecule has 0 fully saturated rings. The summed E-state index contributed by atoms with van der Waals surface area (Å²) in [4.78, 5) is 7.19. The fourth-order valence-electron chi connectivity index (χ4n) is 2.46. The van der Waals surface area contributed by atoms with Crippen LogP contribution < -0.4 is 5.73 Å². The highest BCUT2D eigenvalue weighted by Gasteiger charge is 2.23. The van der Waals surface area contributed by atoms with Crippen LogP contribution in [0.1, 0.15) is 40.4 Å². The van der Waals surface area contributed by atoms with Crippen LogP contribution in [-0.4, -0.2) is 34.1 Å². The molecule has 4 heteroatoms. The number of fused-ring (bicyclic) bond motifs is 1. The van der Waals surface area contributed by atoms with E-state index in [1.807, 2.05) is 12.1 Å². The van der Waals surface area contributed by atoms with Crippen LogP contribution in [0.2, 0.25) is 0 Å². The Kier molecular flexibility index (Phi) is 4.28. The van der Waals surface area contributed by atoms with Crippen molar-refractivity contribution < 1.29 is 0 Å². The molecule has 116 valence electrons. The van der Waals surface area contributed by atoms with Gasteiger partial charge in [0.1, 0.15) is 5.82 Å². The molecule has 0 aliphatic carbocycles. The number of anilines is 1. The van der Waals surface area contributed by atoms with Crippen molar-refractivity contribution in [3.05, 3.63) is 24.0 Å². The van der Waals surface area contributed by atoms with Gasteiger partial charge in [0.05, 0.1) is 11.0 Å². The molecule has 1 aromatic heterocycles. The van der Waals surface area contributed by atoms with Crippen LogP contribution in [0.25, 0.3) is 11.0 Å². The van der Waals surface area contributed by atoms with Crippen molar-refractivity contribution in [2.45, 2.75) is 52.6 Å². The molecule has 0 saturated carbocycles. The van der Waals surface area contributed by atoms with E-state index in [4.69, 9.17) is 10.7 Å². The summed E-state index contributed by atoms with van der Waals surface area (Å²) in [5, 5.41) is 0. The van der Waals surface area contributed by atoms with Crippen molar-refractivity contribution >= 4 is 16.7 Å². The smallest absolute Gasteiger partial charge is 0.115 e. The molecule has 0 radical (unpaired) electrons. The number of nitrogens with two attached hydrogens (primary N) is 1. The predicted octanol–water partition coefficient (Wildman–Crippen LogP) is 3.26. The first-order chi connectivity index (χ1) is 9.70. The van der Waals surface area contributed by atoms with Gasteiger partial charge in [0.25, 0.3) is 0 Å². The Morgan fingerprint density at radius 1 is 1.29 bits per heavy atom. The van der Waals surface area contributed by atoms with Gasteiger partial charge in [-0.05, 0) is 39.1 Å². The van der Waals surface area contributed by atoms with Gasteiger partial charge in [-0.25, -0.2) is 4.98 Å². The van der Waals surface area contributed by atoms with E-state index in [2.05, 4.69) is 57.2 Å². The fraction of sp³-hybridized carbons (Fsp3) is 0.588. The Balaban J connectivity index is 2.43. The molecule has 2 N–H and O–H groups in total. The van der Waals surface area contributed by atoms with E-state index in [0.717, 1.165) is 30.1 Å². The first-order valence-corrected chi connectivity index (χ1v) is 7.66. The van der Waals surface area contributed by atoms with Gasteiger partial charge in [-0.15, -0.1) is 0 Å². The Hall–Kier alpha value is -1.55. The van der Waals surface area contributed by atoms with Gasteiger partial charge < -0.3 is 15.2 Å². The molecule has 0 unspecified atom stereocenters. The molecule has 4 nitrogen and oxygen atoms in total. The maximum absolute atomic E-state index is 5.90. The topological polar surface area (TPSA) is 47.1 Å². The number of nitrogen functional groups attached to an aromatic ring is 1.